The van der Waals surface area contributed by atoms with Crippen LogP contribution < -0.4 is 9.64 Å². The van der Waals surface area contributed by atoms with Crippen molar-refractivity contribution in [2.45, 2.75) is 19.9 Å². The predicted octanol–water partition coefficient (Wildman–Crippen LogP) is 5.24. The lowest BCUT2D eigenvalue weighted by Crippen LogP contribution is -2.54. The van der Waals surface area contributed by atoms with Crippen LogP contribution in [0.4, 0.5) is 5.82 Å². The highest BCUT2D eigenvalue weighted by molar-refractivity contribution is 6.32. The average molecular weight is 457 g/mol. The van der Waals surface area contributed by atoms with E-state index in [4.69, 9.17) is 27.9 Å². The molecule has 1 aliphatic rings. The van der Waals surface area contributed by atoms with Gasteiger partial charge in [-0.25, -0.2) is 9.97 Å². The Hall–Kier alpha value is -2.83. The first kappa shape index (κ1) is 21.4. The summed E-state index contributed by atoms with van der Waals surface area (Å²) in [5.74, 6) is 1.70. The summed E-state index contributed by atoms with van der Waals surface area (Å²) >= 11 is 12.3. The normalized spacial score (nSPS) is 16.3. The maximum atomic E-state index is 12.9. The highest BCUT2D eigenvalue weighted by Gasteiger charge is 2.29. The van der Waals surface area contributed by atoms with Crippen molar-refractivity contribution in [3.8, 4) is 11.6 Å². The van der Waals surface area contributed by atoms with Crippen LogP contribution in [0, 0.1) is 6.92 Å². The van der Waals surface area contributed by atoms with Gasteiger partial charge in [0.05, 0.1) is 5.02 Å². The molecule has 0 aliphatic carbocycles. The Morgan fingerprint density at radius 2 is 1.94 bits per heavy atom. The van der Waals surface area contributed by atoms with Gasteiger partial charge < -0.3 is 14.5 Å². The zero-order valence-corrected chi connectivity index (χ0v) is 18.8. The topological polar surface area (TPSA) is 58.6 Å². The molecular weight excluding hydrogens is 435 g/mol. The first-order valence-electron chi connectivity index (χ1n) is 9.98. The lowest BCUT2D eigenvalue weighted by Gasteiger charge is -2.40. The molecule has 0 N–H and O–H groups in total. The van der Waals surface area contributed by atoms with E-state index >= 15 is 0 Å². The molecule has 1 saturated heterocycles. The van der Waals surface area contributed by atoms with Crippen molar-refractivity contribution >= 4 is 34.9 Å². The van der Waals surface area contributed by atoms with Crippen molar-refractivity contribution in [3.05, 3.63) is 76.0 Å². The standard InChI is InChI=1S/C23H22Cl2N4O2/c1-15-6-7-19(25)20(10-15)31-22-12-21(26-14-27-22)28-8-9-29(16(2)13-28)23(30)17-4-3-5-18(24)11-17/h3-7,10-12,14,16H,8-9,13H2,1-2H3/t16-/m0/s1. The maximum absolute atomic E-state index is 12.9. The molecule has 3 aromatic rings. The Morgan fingerprint density at radius 3 is 2.71 bits per heavy atom. The Balaban J connectivity index is 1.46. The van der Waals surface area contributed by atoms with E-state index in [1.54, 1.807) is 36.4 Å². The number of rotatable bonds is 4. The molecule has 31 heavy (non-hydrogen) atoms. The van der Waals surface area contributed by atoms with Crippen molar-refractivity contribution in [2.75, 3.05) is 24.5 Å². The van der Waals surface area contributed by atoms with Gasteiger partial charge >= 0.3 is 0 Å². The molecular formula is C23H22Cl2N4O2. The zero-order chi connectivity index (χ0) is 22.0. The van der Waals surface area contributed by atoms with Gasteiger partial charge in [0.2, 0.25) is 5.88 Å². The summed E-state index contributed by atoms with van der Waals surface area (Å²) in [6.07, 6.45) is 1.47. The van der Waals surface area contributed by atoms with E-state index in [2.05, 4.69) is 14.9 Å². The number of anilines is 1. The van der Waals surface area contributed by atoms with E-state index in [-0.39, 0.29) is 11.9 Å². The summed E-state index contributed by atoms with van der Waals surface area (Å²) in [6, 6.07) is 14.4. The molecule has 2 aromatic carbocycles. The third-order valence-corrected chi connectivity index (χ3v) is 5.76. The Kier molecular flexibility index (Phi) is 6.30. The number of halogens is 2. The van der Waals surface area contributed by atoms with Crippen LogP contribution in [0.1, 0.15) is 22.8 Å². The van der Waals surface area contributed by atoms with Gasteiger partial charge in [-0.15, -0.1) is 0 Å². The molecule has 160 valence electrons. The highest BCUT2D eigenvalue weighted by Crippen LogP contribution is 2.30. The number of hydrogen-bond donors (Lipinski definition) is 0. The van der Waals surface area contributed by atoms with E-state index in [1.165, 1.54) is 6.33 Å². The van der Waals surface area contributed by atoms with Crippen LogP contribution in [-0.2, 0) is 0 Å². The SMILES string of the molecule is Cc1ccc(Cl)c(Oc2cc(N3CCN(C(=O)c4cccc(Cl)c4)[C@@H](C)C3)ncn2)c1. The van der Waals surface area contributed by atoms with Crippen LogP contribution in [0.3, 0.4) is 0 Å². The molecule has 0 radical (unpaired) electrons. The van der Waals surface area contributed by atoms with Crippen LogP contribution in [-0.4, -0.2) is 46.5 Å². The number of piperazine rings is 1. The number of benzene rings is 2. The van der Waals surface area contributed by atoms with Crippen molar-refractivity contribution in [1.82, 2.24) is 14.9 Å². The Labute approximate surface area is 191 Å². The monoisotopic (exact) mass is 456 g/mol. The molecule has 2 heterocycles. The number of nitrogens with zero attached hydrogens (tertiary/aromatic N) is 4. The molecule has 0 unspecified atom stereocenters. The van der Waals surface area contributed by atoms with Crippen LogP contribution in [0.25, 0.3) is 0 Å². The lowest BCUT2D eigenvalue weighted by atomic mass is 10.1. The minimum Gasteiger partial charge on any atom is -0.437 e. The second-order valence-corrected chi connectivity index (χ2v) is 8.40. The maximum Gasteiger partial charge on any atom is 0.254 e. The largest absolute Gasteiger partial charge is 0.437 e. The fourth-order valence-corrected chi connectivity index (χ4v) is 3.96. The molecule has 0 spiro atoms. The van der Waals surface area contributed by atoms with Crippen molar-refractivity contribution in [1.29, 1.82) is 0 Å². The number of carbonyl (C=O) groups is 1. The van der Waals surface area contributed by atoms with Gasteiger partial charge in [-0.05, 0) is 49.7 Å². The summed E-state index contributed by atoms with van der Waals surface area (Å²) in [7, 11) is 0. The Morgan fingerprint density at radius 1 is 1.10 bits per heavy atom. The van der Waals surface area contributed by atoms with E-state index in [9.17, 15) is 4.79 Å². The molecule has 0 saturated carbocycles. The van der Waals surface area contributed by atoms with Gasteiger partial charge in [-0.1, -0.05) is 35.3 Å². The third kappa shape index (κ3) is 4.92. The number of ether oxygens (including phenoxy) is 1. The molecule has 1 atom stereocenters. The molecule has 1 fully saturated rings. The molecule has 6 nitrogen and oxygen atoms in total. The van der Waals surface area contributed by atoms with Crippen LogP contribution in [0.15, 0.2) is 54.9 Å². The van der Waals surface area contributed by atoms with Gasteiger partial charge in [0, 0.05) is 42.3 Å². The van der Waals surface area contributed by atoms with Gasteiger partial charge in [0.1, 0.15) is 17.9 Å². The zero-order valence-electron chi connectivity index (χ0n) is 17.3. The Bertz CT molecular complexity index is 1110. The lowest BCUT2D eigenvalue weighted by molar-refractivity contribution is 0.0673. The molecule has 0 bridgehead atoms. The fraction of sp³-hybridized carbons (Fsp3) is 0.261. The van der Waals surface area contributed by atoms with Gasteiger partial charge in [0.25, 0.3) is 5.91 Å². The first-order valence-corrected chi connectivity index (χ1v) is 10.7. The fourth-order valence-electron chi connectivity index (χ4n) is 3.61. The third-order valence-electron chi connectivity index (χ3n) is 5.21. The molecule has 8 heteroatoms. The summed E-state index contributed by atoms with van der Waals surface area (Å²) in [4.78, 5) is 25.5. The molecule has 1 amide bonds. The number of amides is 1. The van der Waals surface area contributed by atoms with Gasteiger partial charge in [0.15, 0.2) is 0 Å². The summed E-state index contributed by atoms with van der Waals surface area (Å²) in [5.41, 5.74) is 1.64. The van der Waals surface area contributed by atoms with Crippen LogP contribution in [0.2, 0.25) is 10.0 Å². The minimum atomic E-state index is -0.0181. The first-order chi connectivity index (χ1) is 14.9. The average Bonchev–Trinajstić information content (AvgIpc) is 2.76. The second-order valence-electron chi connectivity index (χ2n) is 7.55. The predicted molar refractivity (Wildman–Crippen MR) is 122 cm³/mol. The van der Waals surface area contributed by atoms with E-state index in [0.29, 0.717) is 46.9 Å². The number of carbonyl (C=O) groups excluding carboxylic acids is 1. The van der Waals surface area contributed by atoms with E-state index in [1.807, 2.05) is 30.9 Å². The van der Waals surface area contributed by atoms with Crippen molar-refractivity contribution < 1.29 is 9.53 Å². The minimum absolute atomic E-state index is 0.00535. The van der Waals surface area contributed by atoms with Crippen LogP contribution >= 0.6 is 23.2 Å². The molecule has 1 aliphatic heterocycles. The quantitative estimate of drug-likeness (QED) is 0.537. The second kappa shape index (κ2) is 9.12. The van der Waals surface area contributed by atoms with E-state index in [0.717, 1.165) is 11.4 Å². The molecule has 4 rings (SSSR count). The molecule has 1 aromatic heterocycles. The summed E-state index contributed by atoms with van der Waals surface area (Å²) in [5, 5.41) is 1.08. The highest BCUT2D eigenvalue weighted by atomic mass is 35.5. The van der Waals surface area contributed by atoms with Gasteiger partial charge in [-0.3, -0.25) is 4.79 Å². The number of aromatic nitrogens is 2. The summed E-state index contributed by atoms with van der Waals surface area (Å²) in [6.45, 7) is 5.88. The smallest absolute Gasteiger partial charge is 0.254 e. The van der Waals surface area contributed by atoms with Crippen LogP contribution in [0.5, 0.6) is 11.6 Å². The van der Waals surface area contributed by atoms with Gasteiger partial charge in [-0.2, -0.15) is 0 Å². The number of hydrogen-bond acceptors (Lipinski definition) is 5. The number of aryl methyl sites for hydroxylation is 1. The van der Waals surface area contributed by atoms with Crippen molar-refractivity contribution in [3.63, 3.8) is 0 Å². The summed E-state index contributed by atoms with van der Waals surface area (Å²) < 4.78 is 5.89. The van der Waals surface area contributed by atoms with E-state index < -0.39 is 0 Å². The van der Waals surface area contributed by atoms with Crippen molar-refractivity contribution in [2.24, 2.45) is 0 Å².